The van der Waals surface area contributed by atoms with Crippen LogP contribution in [0, 0.1) is 17.6 Å². The van der Waals surface area contributed by atoms with Crippen LogP contribution in [-0.4, -0.2) is 68.6 Å². The predicted molar refractivity (Wildman–Crippen MR) is 115 cm³/mol. The summed E-state index contributed by atoms with van der Waals surface area (Å²) in [5.41, 5.74) is 0.195. The van der Waals surface area contributed by atoms with Gasteiger partial charge in [-0.25, -0.2) is 8.78 Å². The fourth-order valence-corrected chi connectivity index (χ4v) is 4.71. The van der Waals surface area contributed by atoms with Gasteiger partial charge in [-0.1, -0.05) is 0 Å². The Morgan fingerprint density at radius 3 is 2.32 bits per heavy atom. The molecule has 3 aliphatic heterocycles. The molecule has 3 saturated heterocycles. The number of carbonyl (C=O) groups excluding carboxylic acids is 2. The van der Waals surface area contributed by atoms with Crippen molar-refractivity contribution in [2.24, 2.45) is 5.92 Å². The average molecular weight is 436 g/mol. The first-order valence-electron chi connectivity index (χ1n) is 11.3. The molecule has 170 valence electrons. The van der Waals surface area contributed by atoms with E-state index in [-0.39, 0.29) is 23.7 Å². The largest absolute Gasteiger partial charge is 0.373 e. The second-order valence-electron chi connectivity index (χ2n) is 8.75. The molecule has 0 saturated carbocycles. The molecule has 2 amide bonds. The number of anilines is 2. The summed E-state index contributed by atoms with van der Waals surface area (Å²) >= 11 is 0. The first kappa shape index (κ1) is 22.0. The van der Waals surface area contributed by atoms with E-state index < -0.39 is 23.6 Å². The van der Waals surface area contributed by atoms with Gasteiger partial charge in [0.25, 0.3) is 0 Å². The fourth-order valence-electron chi connectivity index (χ4n) is 4.71. The number of benzene rings is 1. The van der Waals surface area contributed by atoms with Crippen LogP contribution in [-0.2, 0) is 9.59 Å². The Balaban J connectivity index is 1.31. The van der Waals surface area contributed by atoms with Crippen molar-refractivity contribution in [1.29, 1.82) is 0 Å². The number of nitrogens with one attached hydrogen (secondary N) is 3. The van der Waals surface area contributed by atoms with Crippen molar-refractivity contribution in [3.05, 3.63) is 23.8 Å². The van der Waals surface area contributed by atoms with Gasteiger partial charge in [0.1, 0.15) is 11.7 Å². The third-order valence-electron chi connectivity index (χ3n) is 6.60. The Morgan fingerprint density at radius 2 is 1.68 bits per heavy atom. The van der Waals surface area contributed by atoms with Crippen molar-refractivity contribution in [2.45, 2.75) is 38.1 Å². The van der Waals surface area contributed by atoms with Crippen LogP contribution < -0.4 is 20.9 Å². The summed E-state index contributed by atoms with van der Waals surface area (Å²) in [5.74, 6) is -1.30. The van der Waals surface area contributed by atoms with Crippen molar-refractivity contribution < 1.29 is 18.4 Å². The van der Waals surface area contributed by atoms with E-state index in [1.54, 1.807) is 4.90 Å². The Labute approximate surface area is 181 Å². The lowest BCUT2D eigenvalue weighted by atomic mass is 9.94. The Hall–Kier alpha value is -2.26. The maximum absolute atomic E-state index is 14.8. The summed E-state index contributed by atoms with van der Waals surface area (Å²) in [6, 6.07) is 1.78. The molecule has 9 heteroatoms. The van der Waals surface area contributed by atoms with Crippen molar-refractivity contribution in [2.75, 3.05) is 56.0 Å². The zero-order valence-electron chi connectivity index (χ0n) is 17.8. The topological polar surface area (TPSA) is 76.7 Å². The van der Waals surface area contributed by atoms with Gasteiger partial charge < -0.3 is 15.5 Å². The van der Waals surface area contributed by atoms with E-state index in [1.165, 1.54) is 31.4 Å². The quantitative estimate of drug-likeness (QED) is 0.591. The van der Waals surface area contributed by atoms with Crippen LogP contribution >= 0.6 is 0 Å². The monoisotopic (exact) mass is 435 g/mol. The van der Waals surface area contributed by atoms with Gasteiger partial charge in [0.15, 0.2) is 11.6 Å². The number of imide groups is 1. The summed E-state index contributed by atoms with van der Waals surface area (Å²) in [5, 5.41) is 8.46. The van der Waals surface area contributed by atoms with Gasteiger partial charge in [0.2, 0.25) is 11.8 Å². The molecule has 3 heterocycles. The van der Waals surface area contributed by atoms with Crippen molar-refractivity contribution in [1.82, 2.24) is 15.5 Å². The second-order valence-corrected chi connectivity index (χ2v) is 8.75. The lowest BCUT2D eigenvalue weighted by Crippen LogP contribution is -2.48. The molecule has 1 atom stereocenters. The van der Waals surface area contributed by atoms with Gasteiger partial charge >= 0.3 is 0 Å². The van der Waals surface area contributed by atoms with Gasteiger partial charge in [-0.05, 0) is 63.4 Å². The first-order chi connectivity index (χ1) is 15.0. The molecule has 1 aromatic carbocycles. The third-order valence-corrected chi connectivity index (χ3v) is 6.60. The molecule has 0 aromatic heterocycles. The summed E-state index contributed by atoms with van der Waals surface area (Å²) in [6.45, 7) is 6.00. The summed E-state index contributed by atoms with van der Waals surface area (Å²) in [4.78, 5) is 27.3. The Bertz CT molecular complexity index is 784. The minimum atomic E-state index is -0.675. The lowest BCUT2D eigenvalue weighted by Gasteiger charge is -2.37. The fraction of sp³-hybridized carbons (Fsp3) is 0.636. The zero-order chi connectivity index (χ0) is 21.8. The van der Waals surface area contributed by atoms with Crippen LogP contribution in [0.5, 0.6) is 0 Å². The number of piperidine rings is 2. The zero-order valence-corrected chi connectivity index (χ0v) is 17.8. The summed E-state index contributed by atoms with van der Waals surface area (Å²) < 4.78 is 29.6. The summed E-state index contributed by atoms with van der Waals surface area (Å²) in [6.07, 6.45) is 4.15. The van der Waals surface area contributed by atoms with Crippen molar-refractivity contribution >= 4 is 23.2 Å². The number of rotatable bonds is 6. The maximum Gasteiger partial charge on any atom is 0.249 e. The third kappa shape index (κ3) is 5.51. The molecule has 7 nitrogen and oxygen atoms in total. The molecule has 4 rings (SSSR count). The average Bonchev–Trinajstić information content (AvgIpc) is 2.75. The molecule has 31 heavy (non-hydrogen) atoms. The number of nitrogens with zero attached hydrogens (tertiary/aromatic N) is 2. The SMILES string of the molecule is O=C1CCC(Nc2cc(F)c(N3CCN(CCC4CCNCC4)CC3)c(F)c2)C(=O)N1. The summed E-state index contributed by atoms with van der Waals surface area (Å²) in [7, 11) is 0. The van der Waals surface area contributed by atoms with Crippen LogP contribution in [0.4, 0.5) is 20.2 Å². The molecule has 3 fully saturated rings. The molecule has 3 N–H and O–H groups in total. The highest BCUT2D eigenvalue weighted by atomic mass is 19.1. The van der Waals surface area contributed by atoms with E-state index >= 15 is 0 Å². The molecular weight excluding hydrogens is 404 g/mol. The number of halogens is 2. The molecule has 0 spiro atoms. The number of hydrogen-bond acceptors (Lipinski definition) is 6. The molecule has 1 aromatic rings. The highest BCUT2D eigenvalue weighted by Gasteiger charge is 2.28. The van der Waals surface area contributed by atoms with Crippen molar-refractivity contribution in [3.8, 4) is 0 Å². The van der Waals surface area contributed by atoms with Gasteiger partial charge in [0, 0.05) is 38.3 Å². The van der Waals surface area contributed by atoms with Gasteiger partial charge in [-0.3, -0.25) is 19.8 Å². The number of carbonyl (C=O) groups is 2. The normalized spacial score (nSPS) is 23.7. The number of hydrogen-bond donors (Lipinski definition) is 3. The van der Waals surface area contributed by atoms with E-state index in [0.29, 0.717) is 19.5 Å². The van der Waals surface area contributed by atoms with Crippen LogP contribution in [0.3, 0.4) is 0 Å². The van der Waals surface area contributed by atoms with Crippen LogP contribution in [0.1, 0.15) is 32.1 Å². The lowest BCUT2D eigenvalue weighted by molar-refractivity contribution is -0.133. The molecule has 0 bridgehead atoms. The van der Waals surface area contributed by atoms with Gasteiger partial charge in [-0.15, -0.1) is 0 Å². The van der Waals surface area contributed by atoms with Gasteiger partial charge in [-0.2, -0.15) is 0 Å². The molecular formula is C22H31F2N5O2. The Kier molecular flexibility index (Phi) is 7.02. The Morgan fingerprint density at radius 1 is 1.00 bits per heavy atom. The minimum absolute atomic E-state index is 0.00757. The standard InChI is InChI=1S/C22H31F2N5O2/c23-17-13-16(26-19-1-2-20(30)27-22(19)31)14-18(24)21(17)29-11-9-28(10-12-29)8-5-15-3-6-25-7-4-15/h13-15,19,25-26H,1-12H2,(H,27,30,31). The van der Waals surface area contributed by atoms with E-state index in [0.717, 1.165) is 38.6 Å². The number of amides is 2. The maximum atomic E-state index is 14.8. The molecule has 3 aliphatic rings. The number of piperazine rings is 1. The molecule has 1 unspecified atom stereocenters. The van der Waals surface area contributed by atoms with Crippen molar-refractivity contribution in [3.63, 3.8) is 0 Å². The predicted octanol–water partition coefficient (Wildman–Crippen LogP) is 1.69. The van der Waals surface area contributed by atoms with E-state index in [4.69, 9.17) is 0 Å². The van der Waals surface area contributed by atoms with E-state index in [9.17, 15) is 18.4 Å². The first-order valence-corrected chi connectivity index (χ1v) is 11.3. The van der Waals surface area contributed by atoms with Gasteiger partial charge in [0.05, 0.1) is 0 Å². The van der Waals surface area contributed by atoms with Crippen LogP contribution in [0.15, 0.2) is 12.1 Å². The highest BCUT2D eigenvalue weighted by molar-refractivity contribution is 6.01. The van der Waals surface area contributed by atoms with E-state index in [2.05, 4.69) is 20.9 Å². The molecule has 0 radical (unpaired) electrons. The smallest absolute Gasteiger partial charge is 0.249 e. The van der Waals surface area contributed by atoms with Crippen LogP contribution in [0.25, 0.3) is 0 Å². The van der Waals surface area contributed by atoms with Crippen LogP contribution in [0.2, 0.25) is 0 Å². The molecule has 0 aliphatic carbocycles. The highest BCUT2D eigenvalue weighted by Crippen LogP contribution is 2.29. The second kappa shape index (κ2) is 9.91. The van der Waals surface area contributed by atoms with E-state index in [1.807, 2.05) is 0 Å². The minimum Gasteiger partial charge on any atom is -0.373 e.